The van der Waals surface area contributed by atoms with Crippen molar-refractivity contribution in [1.29, 1.82) is 0 Å². The summed E-state index contributed by atoms with van der Waals surface area (Å²) in [6.45, 7) is 26.8. The molecular weight excluding hydrogens is 770 g/mol. The zero-order valence-corrected chi connectivity index (χ0v) is 40.8. The van der Waals surface area contributed by atoms with Crippen LogP contribution in [0.15, 0.2) is 36.4 Å². The lowest BCUT2D eigenvalue weighted by atomic mass is 9.77. The number of nitrogens with zero attached hydrogens (tertiary/aromatic N) is 2. The smallest absolute Gasteiger partial charge is 0.399 e. The number of carbonyl (C=O) groups is 2. The van der Waals surface area contributed by atoms with Gasteiger partial charge in [0.15, 0.2) is 0 Å². The summed E-state index contributed by atoms with van der Waals surface area (Å²) in [6, 6.07) is 12.4. The average molecular weight is 851 g/mol. The maximum Gasteiger partial charge on any atom is 0.494 e. The highest BCUT2D eigenvalue weighted by atomic mass is 16.7. The molecule has 0 bridgehead atoms. The molecule has 0 N–H and O–H groups in total. The molecule has 340 valence electrons. The molecule has 2 amide bonds. The van der Waals surface area contributed by atoms with Gasteiger partial charge in [-0.25, -0.2) is 0 Å². The standard InChI is InChI=1S/C52H80B2N2O6/c1-13-17-21-23-27-37(25-19-15-3)35-55-43-33-39(53-59-49(5,6)50(7,8)60-53)29-31-41(43)45(47(55)57)46-42-32-30-40(54-61-51(9,10)52(11,12)62-54)34-44(42)56(48(46)58)36-38(26-20-16-4)28-24-22-18-14-2/h29-34,37-38H,13-28,35-36H2,1-12H3. The van der Waals surface area contributed by atoms with Crippen LogP contribution in [0, 0.1) is 11.8 Å². The van der Waals surface area contributed by atoms with E-state index < -0.39 is 36.6 Å². The first-order valence-electron chi connectivity index (χ1n) is 24.8. The second-order valence-corrected chi connectivity index (χ2v) is 21.0. The quantitative estimate of drug-likeness (QED) is 0.0667. The van der Waals surface area contributed by atoms with Gasteiger partial charge in [-0.05, 0) is 116 Å². The van der Waals surface area contributed by atoms with Crippen molar-refractivity contribution < 1.29 is 28.2 Å². The molecule has 4 heterocycles. The van der Waals surface area contributed by atoms with Gasteiger partial charge in [0.1, 0.15) is 0 Å². The van der Waals surface area contributed by atoms with E-state index in [0.29, 0.717) is 36.1 Å². The van der Waals surface area contributed by atoms with E-state index >= 15 is 9.59 Å². The molecule has 2 atom stereocenters. The fourth-order valence-electron chi connectivity index (χ4n) is 9.66. The summed E-state index contributed by atoms with van der Waals surface area (Å²) >= 11 is 0. The van der Waals surface area contributed by atoms with Gasteiger partial charge in [-0.1, -0.05) is 129 Å². The zero-order valence-electron chi connectivity index (χ0n) is 40.8. The second kappa shape index (κ2) is 20.1. The van der Waals surface area contributed by atoms with Crippen LogP contribution < -0.4 is 20.7 Å². The summed E-state index contributed by atoms with van der Waals surface area (Å²) in [5.74, 6) is 0.529. The maximum atomic E-state index is 15.4. The van der Waals surface area contributed by atoms with Gasteiger partial charge >= 0.3 is 14.2 Å². The molecule has 0 radical (unpaired) electrons. The minimum Gasteiger partial charge on any atom is -0.399 e. The first-order valence-corrected chi connectivity index (χ1v) is 24.8. The number of amides is 2. The molecule has 2 unspecified atom stereocenters. The number of fused-ring (bicyclic) bond motifs is 2. The summed E-state index contributed by atoms with van der Waals surface area (Å²) in [7, 11) is -1.14. The minimum absolute atomic E-state index is 0.0885. The highest BCUT2D eigenvalue weighted by Crippen LogP contribution is 2.48. The van der Waals surface area contributed by atoms with Gasteiger partial charge in [0.25, 0.3) is 11.8 Å². The van der Waals surface area contributed by atoms with Crippen LogP contribution in [0.2, 0.25) is 0 Å². The first-order chi connectivity index (χ1) is 29.4. The molecule has 2 aromatic rings. The molecule has 0 saturated carbocycles. The van der Waals surface area contributed by atoms with Crippen molar-refractivity contribution in [3.63, 3.8) is 0 Å². The lowest BCUT2D eigenvalue weighted by Gasteiger charge is -2.32. The lowest BCUT2D eigenvalue weighted by molar-refractivity contribution is -0.114. The zero-order chi connectivity index (χ0) is 45.0. The van der Waals surface area contributed by atoms with Crippen LogP contribution in [0.25, 0.3) is 11.1 Å². The van der Waals surface area contributed by atoms with Gasteiger partial charge in [0.2, 0.25) is 0 Å². The third kappa shape index (κ3) is 10.1. The van der Waals surface area contributed by atoms with Crippen molar-refractivity contribution >= 4 is 59.5 Å². The minimum atomic E-state index is -0.570. The van der Waals surface area contributed by atoms with Crippen LogP contribution in [-0.4, -0.2) is 61.5 Å². The van der Waals surface area contributed by atoms with E-state index in [-0.39, 0.29) is 11.8 Å². The Morgan fingerprint density at radius 2 is 0.790 bits per heavy atom. The van der Waals surface area contributed by atoms with E-state index in [9.17, 15) is 0 Å². The van der Waals surface area contributed by atoms with E-state index in [4.69, 9.17) is 18.6 Å². The largest absolute Gasteiger partial charge is 0.494 e. The van der Waals surface area contributed by atoms with E-state index in [2.05, 4.69) is 95.2 Å². The normalized spacial score (nSPS) is 21.9. The number of hydrogen-bond acceptors (Lipinski definition) is 6. The van der Waals surface area contributed by atoms with Crippen LogP contribution in [0.4, 0.5) is 11.4 Å². The molecule has 2 saturated heterocycles. The molecule has 0 aliphatic carbocycles. The molecule has 8 nitrogen and oxygen atoms in total. The summed E-state index contributed by atoms with van der Waals surface area (Å²) in [4.78, 5) is 34.8. The Kier molecular flexibility index (Phi) is 15.7. The Labute approximate surface area is 376 Å². The number of carbonyl (C=O) groups excluding carboxylic acids is 2. The molecule has 2 fully saturated rings. The van der Waals surface area contributed by atoms with Crippen molar-refractivity contribution in [2.45, 2.75) is 208 Å². The Morgan fingerprint density at radius 3 is 1.11 bits per heavy atom. The Bertz CT molecular complexity index is 1750. The van der Waals surface area contributed by atoms with Crippen LogP contribution >= 0.6 is 0 Å². The Morgan fingerprint density at radius 1 is 0.468 bits per heavy atom. The molecule has 10 heteroatoms. The van der Waals surface area contributed by atoms with Crippen molar-refractivity contribution in [3.05, 3.63) is 47.5 Å². The monoisotopic (exact) mass is 851 g/mol. The van der Waals surface area contributed by atoms with Crippen LogP contribution in [0.1, 0.15) is 197 Å². The van der Waals surface area contributed by atoms with E-state index in [1.807, 2.05) is 34.1 Å². The van der Waals surface area contributed by atoms with Gasteiger partial charge in [-0.3, -0.25) is 9.59 Å². The van der Waals surface area contributed by atoms with Gasteiger partial charge in [-0.15, -0.1) is 0 Å². The summed E-state index contributed by atoms with van der Waals surface area (Å²) in [6.07, 6.45) is 18.3. The average Bonchev–Trinajstić information content (AvgIpc) is 3.81. The maximum absolute atomic E-state index is 15.4. The molecule has 62 heavy (non-hydrogen) atoms. The highest BCUT2D eigenvalue weighted by Gasteiger charge is 2.54. The van der Waals surface area contributed by atoms with E-state index in [1.54, 1.807) is 0 Å². The van der Waals surface area contributed by atoms with Gasteiger partial charge in [-0.2, -0.15) is 0 Å². The molecule has 0 aromatic heterocycles. The molecule has 2 aromatic carbocycles. The predicted molar refractivity (Wildman–Crippen MR) is 259 cm³/mol. The van der Waals surface area contributed by atoms with E-state index in [1.165, 1.54) is 38.5 Å². The number of anilines is 2. The summed E-state index contributed by atoms with van der Waals surface area (Å²) < 4.78 is 26.2. The van der Waals surface area contributed by atoms with Gasteiger partial charge in [0, 0.05) is 24.2 Å². The SMILES string of the molecule is CCCCCCC(CCCC)CN1C(=O)C(=C2C(=O)N(CC(CCCC)CCCCCC)c3cc(B4OC(C)(C)C(C)(C)O4)ccc32)c2ccc(B3OC(C)(C)C(C)(C)O3)cc21. The molecule has 4 aliphatic rings. The number of unbranched alkanes of at least 4 members (excludes halogenated alkanes) is 8. The van der Waals surface area contributed by atoms with Crippen molar-refractivity contribution in [2.24, 2.45) is 11.8 Å². The number of benzene rings is 2. The van der Waals surface area contributed by atoms with E-state index in [0.717, 1.165) is 97.6 Å². The fraction of sp³-hybridized carbons (Fsp3) is 0.692. The van der Waals surface area contributed by atoms with Crippen molar-refractivity contribution in [2.75, 3.05) is 22.9 Å². The third-order valence-corrected chi connectivity index (χ3v) is 15.1. The number of hydrogen-bond donors (Lipinski definition) is 0. The molecular formula is C52H80B2N2O6. The summed E-state index contributed by atoms with van der Waals surface area (Å²) in [5, 5.41) is 0. The molecule has 6 rings (SSSR count). The van der Waals surface area contributed by atoms with Crippen LogP contribution in [-0.2, 0) is 28.2 Å². The second-order valence-electron chi connectivity index (χ2n) is 21.0. The van der Waals surface area contributed by atoms with Crippen LogP contribution in [0.3, 0.4) is 0 Å². The Hall–Kier alpha value is -2.91. The molecule has 0 spiro atoms. The Balaban J connectivity index is 1.47. The highest BCUT2D eigenvalue weighted by molar-refractivity contribution is 6.63. The van der Waals surface area contributed by atoms with Gasteiger partial charge < -0.3 is 28.4 Å². The van der Waals surface area contributed by atoms with Crippen LogP contribution in [0.5, 0.6) is 0 Å². The topological polar surface area (TPSA) is 77.5 Å². The lowest BCUT2D eigenvalue weighted by Crippen LogP contribution is -2.41. The fourth-order valence-corrected chi connectivity index (χ4v) is 9.66. The summed E-state index contributed by atoms with van der Waals surface area (Å²) in [5.41, 5.74) is 4.07. The number of rotatable bonds is 22. The van der Waals surface area contributed by atoms with Crippen molar-refractivity contribution in [3.8, 4) is 0 Å². The predicted octanol–water partition coefficient (Wildman–Crippen LogP) is 11.4. The molecule has 4 aliphatic heterocycles. The van der Waals surface area contributed by atoms with Gasteiger partial charge in [0.05, 0.1) is 44.9 Å². The van der Waals surface area contributed by atoms with Crippen molar-refractivity contribution in [1.82, 2.24) is 0 Å². The third-order valence-electron chi connectivity index (χ3n) is 15.1. The first kappa shape index (κ1) is 48.5.